The van der Waals surface area contributed by atoms with E-state index >= 15 is 0 Å². The Balaban J connectivity index is 1.50. The molecule has 0 aliphatic carbocycles. The quantitative estimate of drug-likeness (QED) is 0.494. The number of carbonyl (C=O) groups is 3. The smallest absolute Gasteiger partial charge is 0.224 e. The number of fused-ring (bicyclic) bond motifs is 1. The first-order valence-electron chi connectivity index (χ1n) is 10.1. The van der Waals surface area contributed by atoms with Crippen molar-refractivity contribution in [2.45, 2.75) is 33.1 Å². The first kappa shape index (κ1) is 21.2. The molecule has 0 saturated carbocycles. The molecule has 0 spiro atoms. The molecule has 0 saturated heterocycles. The second kappa shape index (κ2) is 9.83. The molecule has 0 atom stereocenters. The van der Waals surface area contributed by atoms with E-state index in [9.17, 15) is 14.4 Å². The Hall–Kier alpha value is -3.47. The highest BCUT2D eigenvalue weighted by molar-refractivity contribution is 6.02. The lowest BCUT2D eigenvalue weighted by Crippen LogP contribution is -2.15. The maximum atomic E-state index is 12.4. The minimum Gasteiger partial charge on any atom is -0.326 e. The van der Waals surface area contributed by atoms with E-state index in [0.29, 0.717) is 29.3 Å². The van der Waals surface area contributed by atoms with Crippen molar-refractivity contribution in [2.24, 2.45) is 5.92 Å². The lowest BCUT2D eigenvalue weighted by molar-refractivity contribution is -0.117. The monoisotopic (exact) mass is 402 g/mol. The lowest BCUT2D eigenvalue weighted by Gasteiger charge is -2.09. The number of benzene rings is 3. The molecule has 0 fully saturated rings. The van der Waals surface area contributed by atoms with Crippen LogP contribution in [0.4, 0.5) is 11.4 Å². The number of Topliss-reactive ketones (excluding diaryl/α,β-unsaturated/α-hetero) is 1. The van der Waals surface area contributed by atoms with Crippen LogP contribution in [0, 0.1) is 5.92 Å². The Morgan fingerprint density at radius 2 is 1.33 bits per heavy atom. The second-order valence-corrected chi connectivity index (χ2v) is 7.76. The van der Waals surface area contributed by atoms with Gasteiger partial charge in [0, 0.05) is 36.2 Å². The van der Waals surface area contributed by atoms with Gasteiger partial charge in [-0.3, -0.25) is 14.4 Å². The van der Waals surface area contributed by atoms with E-state index < -0.39 is 0 Å². The summed E-state index contributed by atoms with van der Waals surface area (Å²) in [6.45, 7) is 3.98. The molecule has 2 amide bonds. The highest BCUT2D eigenvalue weighted by Gasteiger charge is 2.11. The van der Waals surface area contributed by atoms with E-state index in [4.69, 9.17) is 0 Å². The highest BCUT2D eigenvalue weighted by Crippen LogP contribution is 2.18. The van der Waals surface area contributed by atoms with Crippen LogP contribution < -0.4 is 10.6 Å². The zero-order chi connectivity index (χ0) is 21.5. The molecule has 0 radical (unpaired) electrons. The summed E-state index contributed by atoms with van der Waals surface area (Å²) in [5, 5.41) is 7.70. The SMILES string of the molecule is CC(C)CC(=O)Nc1ccc(NC(=O)CCC(=O)c2ccc3ccccc3c2)cc1. The number of ketones is 1. The summed E-state index contributed by atoms with van der Waals surface area (Å²) in [4.78, 5) is 36.5. The maximum Gasteiger partial charge on any atom is 0.224 e. The van der Waals surface area contributed by atoms with E-state index in [1.807, 2.05) is 50.2 Å². The Morgan fingerprint density at radius 3 is 1.97 bits per heavy atom. The van der Waals surface area contributed by atoms with Gasteiger partial charge < -0.3 is 10.6 Å². The van der Waals surface area contributed by atoms with Crippen molar-refractivity contribution < 1.29 is 14.4 Å². The van der Waals surface area contributed by atoms with E-state index in [-0.39, 0.29) is 30.4 Å². The van der Waals surface area contributed by atoms with Crippen LogP contribution in [0.3, 0.4) is 0 Å². The van der Waals surface area contributed by atoms with Crippen LogP contribution >= 0.6 is 0 Å². The second-order valence-electron chi connectivity index (χ2n) is 7.76. The van der Waals surface area contributed by atoms with Gasteiger partial charge in [0.2, 0.25) is 11.8 Å². The molecule has 5 nitrogen and oxygen atoms in total. The van der Waals surface area contributed by atoms with Gasteiger partial charge in [-0.25, -0.2) is 0 Å². The number of rotatable bonds is 8. The summed E-state index contributed by atoms with van der Waals surface area (Å²) < 4.78 is 0. The van der Waals surface area contributed by atoms with Crippen molar-refractivity contribution in [1.29, 1.82) is 0 Å². The van der Waals surface area contributed by atoms with Crippen LogP contribution in [0.5, 0.6) is 0 Å². The predicted molar refractivity (Wildman–Crippen MR) is 121 cm³/mol. The Morgan fingerprint density at radius 1 is 0.733 bits per heavy atom. The van der Waals surface area contributed by atoms with Crippen LogP contribution in [-0.2, 0) is 9.59 Å². The molecule has 0 bridgehead atoms. The summed E-state index contributed by atoms with van der Waals surface area (Å²) in [7, 11) is 0. The largest absolute Gasteiger partial charge is 0.326 e. The number of hydrogen-bond donors (Lipinski definition) is 2. The zero-order valence-electron chi connectivity index (χ0n) is 17.3. The van der Waals surface area contributed by atoms with Crippen LogP contribution in [-0.4, -0.2) is 17.6 Å². The fourth-order valence-corrected chi connectivity index (χ4v) is 3.18. The van der Waals surface area contributed by atoms with Crippen molar-refractivity contribution in [3.8, 4) is 0 Å². The fraction of sp³-hybridized carbons (Fsp3) is 0.240. The standard InChI is InChI=1S/C25H26N2O3/c1-17(2)15-25(30)27-22-11-9-21(10-12-22)26-24(29)14-13-23(28)20-8-7-18-5-3-4-6-19(18)16-20/h3-12,16-17H,13-15H2,1-2H3,(H,26,29)(H,27,30). The third kappa shape index (κ3) is 6.01. The molecule has 3 aromatic rings. The Bertz CT molecular complexity index is 1060. The number of amides is 2. The van der Waals surface area contributed by atoms with Gasteiger partial charge in [0.1, 0.15) is 0 Å². The molecule has 0 heterocycles. The van der Waals surface area contributed by atoms with Gasteiger partial charge in [-0.05, 0) is 47.0 Å². The molecule has 0 aliphatic rings. The molecular weight excluding hydrogens is 376 g/mol. The average Bonchev–Trinajstić information content (AvgIpc) is 2.72. The fourth-order valence-electron chi connectivity index (χ4n) is 3.18. The minimum atomic E-state index is -0.222. The van der Waals surface area contributed by atoms with Crippen molar-refractivity contribution in [3.05, 3.63) is 72.3 Å². The Kier molecular flexibility index (Phi) is 6.96. The number of nitrogens with one attached hydrogen (secondary N) is 2. The van der Waals surface area contributed by atoms with Gasteiger partial charge in [0.15, 0.2) is 5.78 Å². The van der Waals surface area contributed by atoms with Gasteiger partial charge in [-0.2, -0.15) is 0 Å². The summed E-state index contributed by atoms with van der Waals surface area (Å²) in [6, 6.07) is 20.4. The Labute approximate surface area is 176 Å². The summed E-state index contributed by atoms with van der Waals surface area (Å²) in [5.74, 6) is -0.0188. The highest BCUT2D eigenvalue weighted by atomic mass is 16.2. The van der Waals surface area contributed by atoms with Gasteiger partial charge in [0.25, 0.3) is 0 Å². The third-order valence-electron chi connectivity index (χ3n) is 4.70. The topological polar surface area (TPSA) is 75.3 Å². The molecule has 0 unspecified atom stereocenters. The summed E-state index contributed by atoms with van der Waals surface area (Å²) >= 11 is 0. The molecule has 154 valence electrons. The van der Waals surface area contributed by atoms with Gasteiger partial charge in [-0.1, -0.05) is 50.2 Å². The molecule has 30 heavy (non-hydrogen) atoms. The van der Waals surface area contributed by atoms with Crippen LogP contribution in [0.15, 0.2) is 66.7 Å². The van der Waals surface area contributed by atoms with E-state index in [2.05, 4.69) is 10.6 Å². The van der Waals surface area contributed by atoms with Gasteiger partial charge in [-0.15, -0.1) is 0 Å². The number of carbonyl (C=O) groups excluding carboxylic acids is 3. The molecule has 0 aliphatic heterocycles. The first-order valence-corrected chi connectivity index (χ1v) is 10.1. The first-order chi connectivity index (χ1) is 14.4. The zero-order valence-corrected chi connectivity index (χ0v) is 17.3. The predicted octanol–water partition coefficient (Wildman–Crippen LogP) is 5.43. The number of anilines is 2. The van der Waals surface area contributed by atoms with Crippen molar-refractivity contribution in [3.63, 3.8) is 0 Å². The molecular formula is C25H26N2O3. The molecule has 2 N–H and O–H groups in total. The maximum absolute atomic E-state index is 12.4. The van der Waals surface area contributed by atoms with Gasteiger partial charge >= 0.3 is 0 Å². The van der Waals surface area contributed by atoms with Crippen LogP contribution in [0.25, 0.3) is 10.8 Å². The summed E-state index contributed by atoms with van der Waals surface area (Å²) in [6.07, 6.45) is 0.718. The average molecular weight is 402 g/mol. The van der Waals surface area contributed by atoms with E-state index in [0.717, 1.165) is 10.8 Å². The van der Waals surface area contributed by atoms with Crippen LogP contribution in [0.2, 0.25) is 0 Å². The lowest BCUT2D eigenvalue weighted by atomic mass is 10.0. The summed E-state index contributed by atoms with van der Waals surface area (Å²) in [5.41, 5.74) is 1.92. The van der Waals surface area contributed by atoms with E-state index in [1.165, 1.54) is 0 Å². The molecule has 5 heteroatoms. The van der Waals surface area contributed by atoms with Crippen molar-refractivity contribution >= 4 is 39.7 Å². The molecule has 3 aromatic carbocycles. The molecule has 0 aromatic heterocycles. The molecule has 3 rings (SSSR count). The van der Waals surface area contributed by atoms with Crippen molar-refractivity contribution in [2.75, 3.05) is 10.6 Å². The minimum absolute atomic E-state index is 0.0333. The third-order valence-corrected chi connectivity index (χ3v) is 4.70. The van der Waals surface area contributed by atoms with E-state index in [1.54, 1.807) is 30.3 Å². The normalized spacial score (nSPS) is 10.8. The van der Waals surface area contributed by atoms with Crippen molar-refractivity contribution in [1.82, 2.24) is 0 Å². The number of hydrogen-bond acceptors (Lipinski definition) is 3. The van der Waals surface area contributed by atoms with Gasteiger partial charge in [0.05, 0.1) is 0 Å². The van der Waals surface area contributed by atoms with Crippen LogP contribution in [0.1, 0.15) is 43.5 Å².